The lowest BCUT2D eigenvalue weighted by Gasteiger charge is -2.06. The minimum atomic E-state index is -0.510. The average Bonchev–Trinajstić information content (AvgIpc) is 2.74. The molecule has 2 amide bonds. The van der Waals surface area contributed by atoms with Gasteiger partial charge in [0, 0.05) is 29.6 Å². The number of anilines is 2. The highest BCUT2D eigenvalue weighted by molar-refractivity contribution is 6.03. The molecule has 0 atom stereocenters. The van der Waals surface area contributed by atoms with E-state index in [-0.39, 0.29) is 24.0 Å². The van der Waals surface area contributed by atoms with Crippen molar-refractivity contribution in [1.29, 1.82) is 0 Å². The summed E-state index contributed by atoms with van der Waals surface area (Å²) in [5.74, 6) is 0.0384. The standard InChI is InChI=1S/C21H18N4O5/c1-30-19-10-6-17(7-11-19)23-21(27)15-3-2-12-24(13-15)14-20(26)22-16-4-8-18(9-5-16)25(28)29/h2-13H,14H2,1H3,(H-,22,23,26,27)/p+1. The summed E-state index contributed by atoms with van der Waals surface area (Å²) in [6, 6.07) is 15.8. The summed E-state index contributed by atoms with van der Waals surface area (Å²) < 4.78 is 6.66. The highest BCUT2D eigenvalue weighted by Crippen LogP contribution is 2.16. The molecule has 0 unspecified atom stereocenters. The number of methoxy groups -OCH3 is 1. The van der Waals surface area contributed by atoms with Crippen LogP contribution in [-0.4, -0.2) is 23.8 Å². The van der Waals surface area contributed by atoms with E-state index in [0.29, 0.717) is 22.7 Å². The zero-order valence-electron chi connectivity index (χ0n) is 16.1. The van der Waals surface area contributed by atoms with E-state index < -0.39 is 4.92 Å². The molecule has 9 heteroatoms. The Morgan fingerprint density at radius 1 is 1.00 bits per heavy atom. The predicted octanol–water partition coefficient (Wildman–Crippen LogP) is 2.78. The summed E-state index contributed by atoms with van der Waals surface area (Å²) in [5, 5.41) is 16.1. The third-order valence-electron chi connectivity index (χ3n) is 4.16. The van der Waals surface area contributed by atoms with Crippen LogP contribution in [0.4, 0.5) is 17.1 Å². The highest BCUT2D eigenvalue weighted by Gasteiger charge is 2.15. The number of hydrogen-bond acceptors (Lipinski definition) is 5. The lowest BCUT2D eigenvalue weighted by Crippen LogP contribution is -2.40. The van der Waals surface area contributed by atoms with Gasteiger partial charge in [-0.2, -0.15) is 4.57 Å². The van der Waals surface area contributed by atoms with Gasteiger partial charge < -0.3 is 15.4 Å². The number of benzene rings is 2. The first-order valence-electron chi connectivity index (χ1n) is 8.93. The van der Waals surface area contributed by atoms with E-state index in [1.54, 1.807) is 60.5 Å². The Hall–Kier alpha value is -4.27. The number of amides is 2. The normalized spacial score (nSPS) is 10.2. The van der Waals surface area contributed by atoms with Crippen molar-refractivity contribution in [3.05, 3.63) is 88.7 Å². The second-order valence-corrected chi connectivity index (χ2v) is 6.30. The summed E-state index contributed by atoms with van der Waals surface area (Å²) in [7, 11) is 1.56. The van der Waals surface area contributed by atoms with Crippen LogP contribution in [0, 0.1) is 10.1 Å². The molecule has 1 heterocycles. The van der Waals surface area contributed by atoms with Crippen molar-refractivity contribution in [1.82, 2.24) is 0 Å². The van der Waals surface area contributed by atoms with Crippen LogP contribution in [0.5, 0.6) is 5.75 Å². The van der Waals surface area contributed by atoms with Gasteiger partial charge in [0.25, 0.3) is 17.5 Å². The number of non-ortho nitro benzene ring substituents is 1. The van der Waals surface area contributed by atoms with Gasteiger partial charge in [0.05, 0.1) is 12.0 Å². The van der Waals surface area contributed by atoms with Crippen LogP contribution in [0.2, 0.25) is 0 Å². The molecule has 0 spiro atoms. The fraction of sp³-hybridized carbons (Fsp3) is 0.0952. The number of nitrogens with zero attached hydrogens (tertiary/aromatic N) is 2. The molecule has 3 aromatic rings. The summed E-state index contributed by atoms with van der Waals surface area (Å²) >= 11 is 0. The third-order valence-corrected chi connectivity index (χ3v) is 4.16. The van der Waals surface area contributed by atoms with E-state index in [0.717, 1.165) is 0 Å². The lowest BCUT2D eigenvalue weighted by molar-refractivity contribution is -0.684. The number of pyridine rings is 1. The number of nitrogens with one attached hydrogen (secondary N) is 2. The highest BCUT2D eigenvalue weighted by atomic mass is 16.6. The fourth-order valence-electron chi connectivity index (χ4n) is 2.67. The fourth-order valence-corrected chi connectivity index (χ4v) is 2.67. The van der Waals surface area contributed by atoms with E-state index in [9.17, 15) is 19.7 Å². The maximum atomic E-state index is 12.5. The van der Waals surface area contributed by atoms with Gasteiger partial charge in [-0.3, -0.25) is 19.7 Å². The zero-order valence-corrected chi connectivity index (χ0v) is 16.1. The summed E-state index contributed by atoms with van der Waals surface area (Å²) in [6.45, 7) is -0.0271. The molecule has 0 saturated carbocycles. The first-order valence-corrected chi connectivity index (χ1v) is 8.93. The van der Waals surface area contributed by atoms with Crippen LogP contribution in [0.15, 0.2) is 73.1 Å². The molecule has 0 aliphatic heterocycles. The van der Waals surface area contributed by atoms with Gasteiger partial charge >= 0.3 is 0 Å². The van der Waals surface area contributed by atoms with E-state index >= 15 is 0 Å². The number of nitro groups is 1. The van der Waals surface area contributed by atoms with E-state index in [1.165, 1.54) is 24.3 Å². The summed E-state index contributed by atoms with van der Waals surface area (Å²) in [5.41, 5.74) is 1.39. The predicted molar refractivity (Wildman–Crippen MR) is 109 cm³/mol. The molecule has 0 radical (unpaired) electrons. The average molecular weight is 407 g/mol. The second kappa shape index (κ2) is 9.28. The molecule has 30 heavy (non-hydrogen) atoms. The quantitative estimate of drug-likeness (QED) is 0.355. The minimum Gasteiger partial charge on any atom is -0.497 e. The summed E-state index contributed by atoms with van der Waals surface area (Å²) in [4.78, 5) is 34.9. The van der Waals surface area contributed by atoms with Crippen molar-refractivity contribution in [2.24, 2.45) is 0 Å². The van der Waals surface area contributed by atoms with Crippen molar-refractivity contribution in [3.63, 3.8) is 0 Å². The third kappa shape index (κ3) is 5.38. The molecule has 0 saturated heterocycles. The van der Waals surface area contributed by atoms with Crippen molar-refractivity contribution >= 4 is 28.9 Å². The maximum absolute atomic E-state index is 12.5. The molecule has 0 aliphatic rings. The Bertz CT molecular complexity index is 1070. The number of carbonyl (C=O) groups excluding carboxylic acids is 2. The Morgan fingerprint density at radius 2 is 1.63 bits per heavy atom. The van der Waals surface area contributed by atoms with Crippen molar-refractivity contribution < 1.29 is 23.8 Å². The topological polar surface area (TPSA) is 114 Å². The summed E-state index contributed by atoms with van der Waals surface area (Å²) in [6.07, 6.45) is 3.23. The van der Waals surface area contributed by atoms with Crippen LogP contribution in [0.3, 0.4) is 0 Å². The van der Waals surface area contributed by atoms with Gasteiger partial charge in [-0.25, -0.2) is 0 Å². The first-order chi connectivity index (χ1) is 14.4. The molecule has 0 fully saturated rings. The van der Waals surface area contributed by atoms with Crippen LogP contribution in [0.1, 0.15) is 10.4 Å². The largest absolute Gasteiger partial charge is 0.497 e. The molecule has 0 bridgehead atoms. The van der Waals surface area contributed by atoms with Gasteiger partial charge in [-0.05, 0) is 42.5 Å². The van der Waals surface area contributed by atoms with Crippen LogP contribution in [-0.2, 0) is 11.3 Å². The van der Waals surface area contributed by atoms with Crippen LogP contribution < -0.4 is 19.9 Å². The van der Waals surface area contributed by atoms with E-state index in [4.69, 9.17) is 4.74 Å². The van der Waals surface area contributed by atoms with Gasteiger partial charge in [-0.1, -0.05) is 0 Å². The monoisotopic (exact) mass is 407 g/mol. The zero-order chi connectivity index (χ0) is 21.5. The van der Waals surface area contributed by atoms with Crippen molar-refractivity contribution in [2.75, 3.05) is 17.7 Å². The Balaban J connectivity index is 1.61. The Kier molecular flexibility index (Phi) is 6.33. The molecule has 1 aromatic heterocycles. The number of ether oxygens (including phenoxy) is 1. The molecule has 0 aliphatic carbocycles. The lowest BCUT2D eigenvalue weighted by atomic mass is 10.2. The Morgan fingerprint density at radius 3 is 2.27 bits per heavy atom. The molecule has 2 aromatic carbocycles. The van der Waals surface area contributed by atoms with E-state index in [2.05, 4.69) is 10.6 Å². The smallest absolute Gasteiger partial charge is 0.290 e. The van der Waals surface area contributed by atoms with Gasteiger partial charge in [-0.15, -0.1) is 0 Å². The number of aromatic nitrogens is 1. The minimum absolute atomic E-state index is 0.0271. The van der Waals surface area contributed by atoms with E-state index in [1.807, 2.05) is 0 Å². The SMILES string of the molecule is COc1ccc(NC(=O)c2ccc[n+](CC(=O)Nc3ccc([N+](=O)[O-])cc3)c2)cc1. The number of rotatable bonds is 7. The molecule has 152 valence electrons. The molecule has 9 nitrogen and oxygen atoms in total. The molecular formula is C21H19N4O5+. The number of hydrogen-bond donors (Lipinski definition) is 2. The maximum Gasteiger partial charge on any atom is 0.290 e. The first kappa shape index (κ1) is 20.5. The molecular weight excluding hydrogens is 388 g/mol. The molecule has 3 rings (SSSR count). The van der Waals surface area contributed by atoms with Crippen LogP contribution >= 0.6 is 0 Å². The van der Waals surface area contributed by atoms with Crippen molar-refractivity contribution in [2.45, 2.75) is 6.54 Å². The van der Waals surface area contributed by atoms with Gasteiger partial charge in [0.15, 0.2) is 12.4 Å². The van der Waals surface area contributed by atoms with Crippen LogP contribution in [0.25, 0.3) is 0 Å². The second-order valence-electron chi connectivity index (χ2n) is 6.30. The van der Waals surface area contributed by atoms with Gasteiger partial charge in [0.1, 0.15) is 11.3 Å². The number of nitro benzene ring substituents is 1. The molecule has 2 N–H and O–H groups in total. The number of carbonyl (C=O) groups is 2. The Labute approximate surface area is 172 Å². The van der Waals surface area contributed by atoms with Gasteiger partial charge in [0.2, 0.25) is 6.54 Å². The van der Waals surface area contributed by atoms with Crippen molar-refractivity contribution in [3.8, 4) is 5.75 Å².